The zero-order valence-electron chi connectivity index (χ0n) is 15.3. The van der Waals surface area contributed by atoms with Crippen molar-refractivity contribution >= 4 is 48.0 Å². The molecule has 2 aromatic heterocycles. The molecule has 0 bridgehead atoms. The van der Waals surface area contributed by atoms with Crippen LogP contribution in [0, 0.1) is 0 Å². The van der Waals surface area contributed by atoms with E-state index in [-0.39, 0.29) is 19.0 Å². The minimum atomic E-state index is -0.421. The van der Waals surface area contributed by atoms with E-state index in [1.54, 1.807) is 11.5 Å². The van der Waals surface area contributed by atoms with E-state index in [0.29, 0.717) is 52.7 Å². The van der Waals surface area contributed by atoms with Crippen molar-refractivity contribution in [2.75, 3.05) is 12.5 Å². The van der Waals surface area contributed by atoms with Crippen LogP contribution < -0.4 is 26.2 Å². The predicted molar refractivity (Wildman–Crippen MR) is 106 cm³/mol. The molecule has 4 rings (SSSR count). The maximum Gasteiger partial charge on any atom is 0.243 e. The van der Waals surface area contributed by atoms with E-state index in [2.05, 4.69) is 15.0 Å². The first-order valence-corrected chi connectivity index (χ1v) is 9.65. The maximum atomic E-state index is 11.2. The first-order chi connectivity index (χ1) is 14.1. The second-order valence-electron chi connectivity index (χ2n) is 6.31. The van der Waals surface area contributed by atoms with E-state index < -0.39 is 5.91 Å². The van der Waals surface area contributed by atoms with Gasteiger partial charge in [-0.15, -0.1) is 0 Å². The van der Waals surface area contributed by atoms with E-state index in [9.17, 15) is 4.79 Å². The number of imidazole rings is 1. The van der Waals surface area contributed by atoms with Crippen LogP contribution in [0.3, 0.4) is 0 Å². The largest absolute Gasteiger partial charge is 0.454 e. The van der Waals surface area contributed by atoms with E-state index >= 15 is 0 Å². The number of amides is 1. The number of hydroxylamine groups is 1. The van der Waals surface area contributed by atoms with E-state index in [1.807, 2.05) is 10.6 Å². The molecule has 0 saturated heterocycles. The van der Waals surface area contributed by atoms with Crippen molar-refractivity contribution in [3.63, 3.8) is 0 Å². The Morgan fingerprint density at radius 1 is 1.31 bits per heavy atom. The number of hydrogen-bond donors (Lipinski definition) is 3. The minimum Gasteiger partial charge on any atom is -0.454 e. The van der Waals surface area contributed by atoms with Crippen LogP contribution in [0.15, 0.2) is 28.5 Å². The standard InChI is InChI=1S/C17H17BN6O4S/c18-9-5-10-11(28-8-27-10)6-12(9)29-17-22-14-15(19)20-7-21-16(14)24(17)4-2-1-3-13(25)23-26/h5-7,26H,1-4,8H2,(H,23,25)(H2,19,20,21). The molecule has 3 aromatic rings. The first-order valence-electron chi connectivity index (χ1n) is 8.83. The number of hydrogen-bond acceptors (Lipinski definition) is 9. The quantitative estimate of drug-likeness (QED) is 0.222. The lowest BCUT2D eigenvalue weighted by Crippen LogP contribution is -2.18. The van der Waals surface area contributed by atoms with Gasteiger partial charge in [0.15, 0.2) is 33.6 Å². The number of unbranched alkanes of at least 4 members (excludes halogenated alkanes) is 1. The summed E-state index contributed by atoms with van der Waals surface area (Å²) < 4.78 is 12.7. The topological polar surface area (TPSA) is 137 Å². The number of nitrogen functional groups attached to an aromatic ring is 1. The molecule has 0 unspecified atom stereocenters. The van der Waals surface area contributed by atoms with Crippen LogP contribution in [-0.4, -0.2) is 45.3 Å². The van der Waals surface area contributed by atoms with Crippen LogP contribution in [-0.2, 0) is 11.3 Å². The van der Waals surface area contributed by atoms with Crippen LogP contribution >= 0.6 is 11.8 Å². The van der Waals surface area contributed by atoms with Crippen LogP contribution in [0.4, 0.5) is 5.82 Å². The number of nitrogens with zero attached hydrogens (tertiary/aromatic N) is 4. The number of nitrogens with one attached hydrogen (secondary N) is 1. The number of rotatable bonds is 7. The molecule has 4 N–H and O–H groups in total. The van der Waals surface area contributed by atoms with Gasteiger partial charge in [0.1, 0.15) is 14.2 Å². The highest BCUT2D eigenvalue weighted by molar-refractivity contribution is 7.99. The number of carbonyl (C=O) groups excluding carboxylic acids is 1. The number of ether oxygens (including phenoxy) is 2. The molecule has 1 aliphatic heterocycles. The van der Waals surface area contributed by atoms with Gasteiger partial charge in [-0.25, -0.2) is 20.4 Å². The SMILES string of the molecule is [B]c1cc2c(cc1Sc1nc3c(N)ncnc3n1CCCCC(=O)NO)OCO2. The molecular weight excluding hydrogens is 395 g/mol. The van der Waals surface area contributed by atoms with Gasteiger partial charge in [0, 0.05) is 17.9 Å². The molecular formula is C17H17BN6O4S. The van der Waals surface area contributed by atoms with E-state index in [0.717, 1.165) is 4.90 Å². The summed E-state index contributed by atoms with van der Waals surface area (Å²) in [6.07, 6.45) is 2.87. The molecule has 2 radical (unpaired) electrons. The van der Waals surface area contributed by atoms with Crippen LogP contribution in [0.2, 0.25) is 0 Å². The van der Waals surface area contributed by atoms with Crippen molar-refractivity contribution in [3.05, 3.63) is 18.5 Å². The Labute approximate surface area is 171 Å². The Morgan fingerprint density at radius 3 is 2.90 bits per heavy atom. The maximum absolute atomic E-state index is 11.2. The molecule has 0 saturated carbocycles. The number of nitrogens with two attached hydrogens (primary N) is 1. The zero-order chi connectivity index (χ0) is 20.4. The lowest BCUT2D eigenvalue weighted by atomic mass is 9.96. The molecule has 1 amide bonds. The van der Waals surface area contributed by atoms with Gasteiger partial charge in [-0.05, 0) is 25.0 Å². The Morgan fingerprint density at radius 2 is 2.10 bits per heavy atom. The van der Waals surface area contributed by atoms with Gasteiger partial charge >= 0.3 is 0 Å². The number of aryl methyl sites for hydroxylation is 1. The van der Waals surface area contributed by atoms with Gasteiger partial charge in [0.05, 0.1) is 0 Å². The summed E-state index contributed by atoms with van der Waals surface area (Å²) in [5, 5.41) is 9.25. The van der Waals surface area contributed by atoms with Crippen molar-refractivity contribution in [2.45, 2.75) is 35.9 Å². The normalized spacial score (nSPS) is 12.4. The molecule has 12 heteroatoms. The van der Waals surface area contributed by atoms with Crippen LogP contribution in [0.25, 0.3) is 11.2 Å². The molecule has 0 spiro atoms. The fourth-order valence-electron chi connectivity index (χ4n) is 2.95. The third kappa shape index (κ3) is 3.94. The Balaban J connectivity index is 1.63. The zero-order valence-corrected chi connectivity index (χ0v) is 16.1. The molecule has 1 aromatic carbocycles. The molecule has 10 nitrogen and oxygen atoms in total. The van der Waals surface area contributed by atoms with Gasteiger partial charge in [-0.1, -0.05) is 17.2 Å². The number of fused-ring (bicyclic) bond motifs is 2. The average Bonchev–Trinajstić information content (AvgIpc) is 3.30. The average molecular weight is 412 g/mol. The molecule has 3 heterocycles. The summed E-state index contributed by atoms with van der Waals surface area (Å²) in [6, 6.07) is 3.53. The van der Waals surface area contributed by atoms with Crippen molar-refractivity contribution < 1.29 is 19.5 Å². The number of aromatic nitrogens is 4. The highest BCUT2D eigenvalue weighted by Gasteiger charge is 2.20. The van der Waals surface area contributed by atoms with Crippen LogP contribution in [0.5, 0.6) is 11.5 Å². The fraction of sp³-hybridized carbons (Fsp3) is 0.294. The predicted octanol–water partition coefficient (Wildman–Crippen LogP) is 0.758. The van der Waals surface area contributed by atoms with Crippen molar-refractivity contribution in [1.82, 2.24) is 25.0 Å². The van der Waals surface area contributed by atoms with Crippen molar-refractivity contribution in [1.29, 1.82) is 0 Å². The van der Waals surface area contributed by atoms with Gasteiger partial charge in [0.25, 0.3) is 0 Å². The van der Waals surface area contributed by atoms with Gasteiger partial charge in [-0.3, -0.25) is 10.0 Å². The number of benzene rings is 1. The lowest BCUT2D eigenvalue weighted by Gasteiger charge is -2.10. The summed E-state index contributed by atoms with van der Waals surface area (Å²) in [7, 11) is 6.17. The summed E-state index contributed by atoms with van der Waals surface area (Å²) >= 11 is 1.36. The monoisotopic (exact) mass is 412 g/mol. The van der Waals surface area contributed by atoms with Gasteiger partial charge in [-0.2, -0.15) is 0 Å². The Kier molecular flexibility index (Phi) is 5.45. The minimum absolute atomic E-state index is 0.162. The molecule has 29 heavy (non-hydrogen) atoms. The van der Waals surface area contributed by atoms with E-state index in [1.165, 1.54) is 18.1 Å². The van der Waals surface area contributed by atoms with Crippen molar-refractivity contribution in [3.8, 4) is 11.5 Å². The van der Waals surface area contributed by atoms with Gasteiger partial charge in [0.2, 0.25) is 12.7 Å². The molecule has 0 fully saturated rings. The molecule has 0 aliphatic carbocycles. The summed E-state index contributed by atoms with van der Waals surface area (Å²) in [6.45, 7) is 0.716. The van der Waals surface area contributed by atoms with E-state index in [4.69, 9.17) is 28.3 Å². The molecule has 1 aliphatic rings. The summed E-state index contributed by atoms with van der Waals surface area (Å²) in [5.74, 6) is 1.10. The van der Waals surface area contributed by atoms with Crippen molar-refractivity contribution in [2.24, 2.45) is 0 Å². The Hall–Kier alpha value is -2.99. The lowest BCUT2D eigenvalue weighted by molar-refractivity contribution is -0.129. The van der Waals surface area contributed by atoms with Crippen LogP contribution in [0.1, 0.15) is 19.3 Å². The van der Waals surface area contributed by atoms with Gasteiger partial charge < -0.3 is 19.8 Å². The smallest absolute Gasteiger partial charge is 0.243 e. The summed E-state index contributed by atoms with van der Waals surface area (Å²) in [5.41, 5.74) is 9.24. The summed E-state index contributed by atoms with van der Waals surface area (Å²) in [4.78, 5) is 24.9. The highest BCUT2D eigenvalue weighted by atomic mass is 32.2. The molecule has 0 atom stereocenters. The number of anilines is 1. The molecule has 148 valence electrons. The third-order valence-corrected chi connectivity index (χ3v) is 5.46. The third-order valence-electron chi connectivity index (χ3n) is 4.39. The Bertz CT molecular complexity index is 1080. The highest BCUT2D eigenvalue weighted by Crippen LogP contribution is 2.37. The number of carbonyl (C=O) groups is 1. The second kappa shape index (κ2) is 8.17. The second-order valence-corrected chi connectivity index (χ2v) is 7.32. The first kappa shape index (κ1) is 19.3. The fourth-order valence-corrected chi connectivity index (χ4v) is 3.91.